The first-order valence-corrected chi connectivity index (χ1v) is 10.6. The van der Waals surface area contributed by atoms with E-state index in [0.29, 0.717) is 6.01 Å². The van der Waals surface area contributed by atoms with Crippen LogP contribution >= 0.6 is 0 Å². The van der Waals surface area contributed by atoms with E-state index in [4.69, 9.17) is 9.40 Å². The van der Waals surface area contributed by atoms with Gasteiger partial charge in [0.2, 0.25) is 5.91 Å². The maximum absolute atomic E-state index is 12.4. The van der Waals surface area contributed by atoms with Crippen molar-refractivity contribution in [1.29, 1.82) is 0 Å². The molecule has 1 amide bonds. The molecule has 1 atom stereocenters. The van der Waals surface area contributed by atoms with Crippen LogP contribution < -0.4 is 15.1 Å². The lowest BCUT2D eigenvalue weighted by molar-refractivity contribution is -0.117. The number of nitrogens with zero attached hydrogens (tertiary/aromatic N) is 5. The number of anilines is 3. The van der Waals surface area contributed by atoms with Crippen LogP contribution in [0.2, 0.25) is 0 Å². The van der Waals surface area contributed by atoms with Crippen LogP contribution in [0.4, 0.5) is 17.5 Å². The van der Waals surface area contributed by atoms with Crippen molar-refractivity contribution < 1.29 is 9.21 Å². The van der Waals surface area contributed by atoms with E-state index in [9.17, 15) is 4.79 Å². The normalized spacial score (nSPS) is 21.6. The van der Waals surface area contributed by atoms with Crippen molar-refractivity contribution >= 4 is 34.5 Å². The SMILES string of the molecule is O=C1Nc2cc(CN3CCN(c4nc5ccccc5o4)CC3)cnc2N2CCC[C@@H]12. The highest BCUT2D eigenvalue weighted by Crippen LogP contribution is 2.35. The summed E-state index contributed by atoms with van der Waals surface area (Å²) in [5.41, 5.74) is 3.71. The molecule has 0 spiro atoms. The molecule has 6 rings (SSSR count). The molecule has 3 aromatic rings. The van der Waals surface area contributed by atoms with Crippen LogP contribution in [-0.2, 0) is 11.3 Å². The minimum absolute atomic E-state index is 0.0456. The molecule has 1 N–H and O–H groups in total. The molecule has 8 nitrogen and oxygen atoms in total. The maximum Gasteiger partial charge on any atom is 0.298 e. The number of hydrogen-bond acceptors (Lipinski definition) is 7. The Labute approximate surface area is 174 Å². The zero-order chi connectivity index (χ0) is 20.1. The zero-order valence-electron chi connectivity index (χ0n) is 16.8. The molecule has 3 aliphatic rings. The highest BCUT2D eigenvalue weighted by molar-refractivity contribution is 6.03. The number of aromatic nitrogens is 2. The first kappa shape index (κ1) is 17.7. The van der Waals surface area contributed by atoms with Crippen molar-refractivity contribution in [1.82, 2.24) is 14.9 Å². The summed E-state index contributed by atoms with van der Waals surface area (Å²) in [6, 6.07) is 10.6. The second kappa shape index (κ2) is 6.98. The van der Waals surface area contributed by atoms with Crippen LogP contribution in [0.15, 0.2) is 40.9 Å². The van der Waals surface area contributed by atoms with Gasteiger partial charge in [0.1, 0.15) is 11.6 Å². The summed E-state index contributed by atoms with van der Waals surface area (Å²) >= 11 is 0. The molecule has 2 fully saturated rings. The Hall–Kier alpha value is -3.13. The number of carbonyl (C=O) groups excluding carboxylic acids is 1. The molecule has 0 saturated carbocycles. The molecule has 30 heavy (non-hydrogen) atoms. The van der Waals surface area contributed by atoms with Gasteiger partial charge >= 0.3 is 0 Å². The van der Waals surface area contributed by atoms with Gasteiger partial charge < -0.3 is 19.5 Å². The number of hydrogen-bond donors (Lipinski definition) is 1. The summed E-state index contributed by atoms with van der Waals surface area (Å²) in [6.45, 7) is 5.33. The quantitative estimate of drug-likeness (QED) is 0.718. The molecule has 0 aliphatic carbocycles. The summed E-state index contributed by atoms with van der Waals surface area (Å²) in [5.74, 6) is 1.02. The predicted molar refractivity (Wildman–Crippen MR) is 115 cm³/mol. The molecular formula is C22H24N6O2. The van der Waals surface area contributed by atoms with Crippen molar-refractivity contribution in [3.05, 3.63) is 42.1 Å². The molecule has 0 bridgehead atoms. The van der Waals surface area contributed by atoms with Gasteiger partial charge in [-0.05, 0) is 36.6 Å². The average molecular weight is 404 g/mol. The lowest BCUT2D eigenvalue weighted by atomic mass is 10.1. The van der Waals surface area contributed by atoms with Gasteiger partial charge in [-0.1, -0.05) is 12.1 Å². The van der Waals surface area contributed by atoms with Gasteiger partial charge in [-0.3, -0.25) is 9.69 Å². The summed E-state index contributed by atoms with van der Waals surface area (Å²) < 4.78 is 5.91. The van der Waals surface area contributed by atoms with E-state index in [2.05, 4.69) is 31.1 Å². The van der Waals surface area contributed by atoms with Crippen molar-refractivity contribution in [2.24, 2.45) is 0 Å². The highest BCUT2D eigenvalue weighted by Gasteiger charge is 2.37. The Bertz CT molecular complexity index is 1070. The maximum atomic E-state index is 12.4. The molecule has 0 unspecified atom stereocenters. The van der Waals surface area contributed by atoms with E-state index in [1.807, 2.05) is 30.5 Å². The number of fused-ring (bicyclic) bond motifs is 4. The van der Waals surface area contributed by atoms with Crippen LogP contribution in [-0.4, -0.2) is 59.5 Å². The standard InChI is InChI=1S/C22H24N6O2/c29-21-18-5-3-7-28(18)20-17(24-21)12-15(13-23-20)14-26-8-10-27(11-9-26)22-25-16-4-1-2-6-19(16)30-22/h1-2,4,6,12-13,18H,3,5,7-11,14H2,(H,24,29)/t18-/m0/s1. The lowest BCUT2D eigenvalue weighted by Gasteiger charge is -2.34. The highest BCUT2D eigenvalue weighted by atomic mass is 16.4. The molecule has 0 radical (unpaired) electrons. The molecule has 154 valence electrons. The Balaban J connectivity index is 1.12. The van der Waals surface area contributed by atoms with Gasteiger partial charge in [0, 0.05) is 45.5 Å². The fraction of sp³-hybridized carbons (Fsp3) is 0.409. The molecule has 5 heterocycles. The third-order valence-electron chi connectivity index (χ3n) is 6.34. The Morgan fingerprint density at radius 1 is 1.13 bits per heavy atom. The lowest BCUT2D eigenvalue weighted by Crippen LogP contribution is -2.46. The van der Waals surface area contributed by atoms with E-state index in [-0.39, 0.29) is 11.9 Å². The van der Waals surface area contributed by atoms with Gasteiger partial charge in [-0.2, -0.15) is 4.98 Å². The second-order valence-corrected chi connectivity index (χ2v) is 8.28. The van der Waals surface area contributed by atoms with Gasteiger partial charge in [-0.25, -0.2) is 4.98 Å². The number of rotatable bonds is 3. The van der Waals surface area contributed by atoms with Crippen LogP contribution in [0.25, 0.3) is 11.1 Å². The van der Waals surface area contributed by atoms with Gasteiger partial charge in [0.15, 0.2) is 11.4 Å². The summed E-state index contributed by atoms with van der Waals surface area (Å²) in [6.07, 6.45) is 3.92. The van der Waals surface area contributed by atoms with Crippen molar-refractivity contribution in [3.8, 4) is 0 Å². The monoisotopic (exact) mass is 404 g/mol. The first-order chi connectivity index (χ1) is 14.7. The van der Waals surface area contributed by atoms with Gasteiger partial charge in [0.05, 0.1) is 5.69 Å². The molecule has 2 saturated heterocycles. The minimum atomic E-state index is -0.0456. The Morgan fingerprint density at radius 3 is 2.87 bits per heavy atom. The predicted octanol–water partition coefficient (Wildman–Crippen LogP) is 2.47. The number of pyridine rings is 1. The summed E-state index contributed by atoms with van der Waals surface area (Å²) in [4.78, 5) is 28.4. The molecule has 8 heteroatoms. The number of nitrogens with one attached hydrogen (secondary N) is 1. The molecular weight excluding hydrogens is 380 g/mol. The summed E-state index contributed by atoms with van der Waals surface area (Å²) in [7, 11) is 0. The van der Waals surface area contributed by atoms with Crippen LogP contribution in [0.1, 0.15) is 18.4 Å². The number of piperazine rings is 1. The number of carbonyl (C=O) groups is 1. The number of benzene rings is 1. The van der Waals surface area contributed by atoms with Gasteiger partial charge in [-0.15, -0.1) is 0 Å². The van der Waals surface area contributed by atoms with E-state index in [1.54, 1.807) is 0 Å². The zero-order valence-corrected chi connectivity index (χ0v) is 16.8. The number of amides is 1. The fourth-order valence-electron chi connectivity index (χ4n) is 4.77. The fourth-order valence-corrected chi connectivity index (χ4v) is 4.77. The van der Waals surface area contributed by atoms with Crippen LogP contribution in [0, 0.1) is 0 Å². The van der Waals surface area contributed by atoms with E-state index >= 15 is 0 Å². The van der Waals surface area contributed by atoms with Gasteiger partial charge in [0.25, 0.3) is 6.01 Å². The molecule has 2 aromatic heterocycles. The largest absolute Gasteiger partial charge is 0.423 e. The van der Waals surface area contributed by atoms with Crippen molar-refractivity contribution in [2.45, 2.75) is 25.4 Å². The number of oxazole rings is 1. The third kappa shape index (κ3) is 2.99. The van der Waals surface area contributed by atoms with Crippen LogP contribution in [0.5, 0.6) is 0 Å². The number of para-hydroxylation sites is 2. The first-order valence-electron chi connectivity index (χ1n) is 10.6. The molecule has 3 aliphatic heterocycles. The van der Waals surface area contributed by atoms with E-state index < -0.39 is 0 Å². The minimum Gasteiger partial charge on any atom is -0.423 e. The van der Waals surface area contributed by atoms with Crippen LogP contribution in [0.3, 0.4) is 0 Å². The third-order valence-corrected chi connectivity index (χ3v) is 6.34. The molecule has 1 aromatic carbocycles. The average Bonchev–Trinajstić information content (AvgIpc) is 3.42. The smallest absolute Gasteiger partial charge is 0.298 e. The second-order valence-electron chi connectivity index (χ2n) is 8.28. The van der Waals surface area contributed by atoms with Crippen molar-refractivity contribution in [2.75, 3.05) is 47.8 Å². The summed E-state index contributed by atoms with van der Waals surface area (Å²) in [5, 5.41) is 3.06. The van der Waals surface area contributed by atoms with Crippen molar-refractivity contribution in [3.63, 3.8) is 0 Å². The Morgan fingerprint density at radius 2 is 2.00 bits per heavy atom. The Kier molecular flexibility index (Phi) is 4.12. The van der Waals surface area contributed by atoms with E-state index in [0.717, 1.165) is 80.3 Å². The topological polar surface area (TPSA) is 77.7 Å². The van der Waals surface area contributed by atoms with E-state index in [1.165, 1.54) is 0 Å².